The van der Waals surface area contributed by atoms with E-state index in [0.717, 1.165) is 3.94 Å². The molecule has 0 fully saturated rings. The molecule has 0 radical (unpaired) electrons. The van der Waals surface area contributed by atoms with Crippen LogP contribution in [0.4, 0.5) is 13.2 Å². The second kappa shape index (κ2) is 5.57. The van der Waals surface area contributed by atoms with Crippen molar-refractivity contribution in [3.05, 3.63) is 0 Å². The summed E-state index contributed by atoms with van der Waals surface area (Å²) in [4.78, 5) is 1.55. The largest absolute Gasteiger partial charge is 0.390 e. The van der Waals surface area contributed by atoms with Crippen LogP contribution in [-0.2, 0) is 0 Å². The van der Waals surface area contributed by atoms with Gasteiger partial charge in [-0.1, -0.05) is 0 Å². The van der Waals surface area contributed by atoms with Gasteiger partial charge in [0, 0.05) is 13.1 Å². The van der Waals surface area contributed by atoms with E-state index in [9.17, 15) is 13.2 Å². The second-order valence-corrected chi connectivity index (χ2v) is 5.00. The first-order chi connectivity index (χ1) is 6.54. The van der Waals surface area contributed by atoms with E-state index in [-0.39, 0.29) is 6.54 Å². The fourth-order valence-electron chi connectivity index (χ4n) is 1.11. The third kappa shape index (κ3) is 7.22. The Morgan fingerprint density at radius 1 is 1.13 bits per heavy atom. The zero-order valence-electron chi connectivity index (χ0n) is 8.91. The van der Waals surface area contributed by atoms with Crippen molar-refractivity contribution in [2.45, 2.75) is 32.0 Å². The van der Waals surface area contributed by atoms with Crippen LogP contribution in [0.5, 0.6) is 0 Å². The fraction of sp³-hybridized carbons (Fsp3) is 1.00. The summed E-state index contributed by atoms with van der Waals surface area (Å²) in [6.45, 7) is 3.79. The van der Waals surface area contributed by atoms with Crippen molar-refractivity contribution in [2.75, 3.05) is 20.1 Å². The van der Waals surface area contributed by atoms with E-state index in [1.807, 2.05) is 0 Å². The molecule has 92 valence electrons. The molecule has 0 saturated carbocycles. The lowest BCUT2D eigenvalue weighted by Gasteiger charge is -2.32. The van der Waals surface area contributed by atoms with Crippen LogP contribution in [0.25, 0.3) is 0 Å². The third-order valence-corrected chi connectivity index (χ3v) is 2.81. The van der Waals surface area contributed by atoms with E-state index in [1.54, 1.807) is 25.8 Å². The van der Waals surface area contributed by atoms with Gasteiger partial charge in [-0.25, -0.2) is 0 Å². The molecule has 0 unspecified atom stereocenters. The second-order valence-electron chi connectivity index (χ2n) is 4.15. The summed E-state index contributed by atoms with van der Waals surface area (Å²) in [6, 6.07) is 0. The van der Waals surface area contributed by atoms with Crippen LogP contribution in [0.3, 0.4) is 0 Å². The lowest BCUT2D eigenvalue weighted by atomic mass is 10.1. The highest BCUT2D eigenvalue weighted by molar-refractivity contribution is 6.34. The lowest BCUT2D eigenvalue weighted by molar-refractivity contribution is -0.137. The molecule has 0 aliphatic carbocycles. The molecule has 15 heavy (non-hydrogen) atoms. The number of halogens is 5. The molecular weight excluding hydrogens is 252 g/mol. The molecule has 0 spiro atoms. The molecule has 0 atom stereocenters. The Hall–Kier alpha value is 0.290. The van der Waals surface area contributed by atoms with Gasteiger partial charge in [0.1, 0.15) is 0 Å². The van der Waals surface area contributed by atoms with Crippen LogP contribution in [0.1, 0.15) is 20.3 Å². The van der Waals surface area contributed by atoms with Gasteiger partial charge in [0.2, 0.25) is 0 Å². The molecule has 0 amide bonds. The number of alkyl halides is 3. The Kier molecular flexibility index (Phi) is 5.68. The fourth-order valence-corrected chi connectivity index (χ4v) is 1.22. The Labute approximate surface area is 98.1 Å². The minimum Gasteiger partial charge on any atom is -0.304 e. The van der Waals surface area contributed by atoms with E-state index >= 15 is 0 Å². The van der Waals surface area contributed by atoms with Crippen molar-refractivity contribution in [1.82, 2.24) is 8.84 Å². The van der Waals surface area contributed by atoms with Gasteiger partial charge < -0.3 is 4.90 Å². The van der Waals surface area contributed by atoms with Crippen LogP contribution < -0.4 is 0 Å². The first kappa shape index (κ1) is 15.3. The van der Waals surface area contributed by atoms with Crippen molar-refractivity contribution in [3.8, 4) is 0 Å². The minimum absolute atomic E-state index is 0.0610. The standard InChI is InChI=1S/C8H15Cl2F3N2/c1-7(2,15(9)10)6-14(3)5-4-8(11,12)13/h4-6H2,1-3H3. The van der Waals surface area contributed by atoms with Crippen LogP contribution in [0, 0.1) is 0 Å². The normalized spacial score (nSPS) is 14.0. The summed E-state index contributed by atoms with van der Waals surface area (Å²) in [5, 5.41) is 0. The zero-order valence-corrected chi connectivity index (χ0v) is 10.4. The van der Waals surface area contributed by atoms with Gasteiger partial charge in [-0.15, -0.1) is 3.94 Å². The summed E-state index contributed by atoms with van der Waals surface area (Å²) in [5.41, 5.74) is -0.580. The maximum atomic E-state index is 11.9. The van der Waals surface area contributed by atoms with Gasteiger partial charge in [-0.3, -0.25) is 0 Å². The van der Waals surface area contributed by atoms with Gasteiger partial charge in [0.15, 0.2) is 0 Å². The van der Waals surface area contributed by atoms with Crippen molar-refractivity contribution in [1.29, 1.82) is 0 Å². The zero-order chi connectivity index (χ0) is 12.3. The molecule has 0 aliphatic heterocycles. The molecule has 0 bridgehead atoms. The Morgan fingerprint density at radius 2 is 1.60 bits per heavy atom. The van der Waals surface area contributed by atoms with Crippen LogP contribution >= 0.6 is 23.6 Å². The third-order valence-electron chi connectivity index (χ3n) is 1.89. The predicted molar refractivity (Wildman–Crippen MR) is 55.8 cm³/mol. The maximum absolute atomic E-state index is 11.9. The Bertz CT molecular complexity index is 195. The van der Waals surface area contributed by atoms with Gasteiger partial charge in [0.25, 0.3) is 0 Å². The molecule has 7 heteroatoms. The van der Waals surface area contributed by atoms with Crippen molar-refractivity contribution in [3.63, 3.8) is 0 Å². The van der Waals surface area contributed by atoms with E-state index < -0.39 is 18.1 Å². The quantitative estimate of drug-likeness (QED) is 0.705. The van der Waals surface area contributed by atoms with Crippen molar-refractivity contribution in [2.24, 2.45) is 0 Å². The summed E-state index contributed by atoms with van der Waals surface area (Å²) in [7, 11) is 1.60. The van der Waals surface area contributed by atoms with E-state index in [1.165, 1.54) is 0 Å². The molecule has 0 heterocycles. The molecule has 0 aliphatic rings. The summed E-state index contributed by atoms with van der Waals surface area (Å²) in [5.74, 6) is 0. The highest BCUT2D eigenvalue weighted by atomic mass is 35.5. The number of hydrogen-bond acceptors (Lipinski definition) is 2. The van der Waals surface area contributed by atoms with Crippen molar-refractivity contribution < 1.29 is 13.2 Å². The first-order valence-corrected chi connectivity index (χ1v) is 5.09. The molecule has 0 saturated heterocycles. The van der Waals surface area contributed by atoms with E-state index in [2.05, 4.69) is 0 Å². The summed E-state index contributed by atoms with van der Waals surface area (Å²) >= 11 is 11.1. The first-order valence-electron chi connectivity index (χ1n) is 4.42. The predicted octanol–water partition coefficient (Wildman–Crippen LogP) is 3.26. The molecule has 0 aromatic rings. The molecule has 0 rings (SSSR count). The van der Waals surface area contributed by atoms with Crippen LogP contribution in [-0.4, -0.2) is 40.7 Å². The van der Waals surface area contributed by atoms with E-state index in [0.29, 0.717) is 6.54 Å². The molecule has 0 N–H and O–H groups in total. The SMILES string of the molecule is CN(CCC(F)(F)F)CC(C)(C)N(Cl)Cl. The number of rotatable bonds is 5. The monoisotopic (exact) mass is 266 g/mol. The average Bonchev–Trinajstić information content (AvgIpc) is 1.98. The Morgan fingerprint density at radius 3 is 1.93 bits per heavy atom. The number of hydrogen-bond donors (Lipinski definition) is 0. The van der Waals surface area contributed by atoms with Gasteiger partial charge in [-0.2, -0.15) is 13.2 Å². The van der Waals surface area contributed by atoms with Crippen LogP contribution in [0.2, 0.25) is 0 Å². The highest BCUT2D eigenvalue weighted by Crippen LogP contribution is 2.23. The molecular formula is C8H15Cl2F3N2. The van der Waals surface area contributed by atoms with Gasteiger partial charge in [-0.05, 0) is 44.4 Å². The number of nitrogens with zero attached hydrogens (tertiary/aromatic N) is 2. The lowest BCUT2D eigenvalue weighted by Crippen LogP contribution is -2.43. The van der Waals surface area contributed by atoms with E-state index in [4.69, 9.17) is 23.6 Å². The minimum atomic E-state index is -4.12. The highest BCUT2D eigenvalue weighted by Gasteiger charge is 2.30. The van der Waals surface area contributed by atoms with Crippen LogP contribution in [0.15, 0.2) is 0 Å². The maximum Gasteiger partial charge on any atom is 0.390 e. The Balaban J connectivity index is 3.99. The summed E-state index contributed by atoms with van der Waals surface area (Å²) in [6.07, 6.45) is -4.95. The smallest absolute Gasteiger partial charge is 0.304 e. The van der Waals surface area contributed by atoms with Gasteiger partial charge in [0.05, 0.1) is 12.0 Å². The summed E-state index contributed by atoms with van der Waals surface area (Å²) < 4.78 is 36.7. The molecule has 0 aromatic carbocycles. The average molecular weight is 267 g/mol. The molecule has 0 aromatic heterocycles. The molecule has 2 nitrogen and oxygen atoms in total. The number of likely N-dealkylation sites (N-methyl/N-ethyl adjacent to an activating group) is 1. The topological polar surface area (TPSA) is 6.48 Å². The van der Waals surface area contributed by atoms with Gasteiger partial charge >= 0.3 is 6.18 Å². The van der Waals surface area contributed by atoms with Crippen molar-refractivity contribution >= 4 is 23.6 Å².